The van der Waals surface area contributed by atoms with Crippen molar-refractivity contribution < 1.29 is 13.6 Å². The molecule has 2 atom stereocenters. The summed E-state index contributed by atoms with van der Waals surface area (Å²) in [4.78, 5) is 0. The van der Waals surface area contributed by atoms with E-state index in [9.17, 15) is 4.57 Å². The largest absolute Gasteiger partial charge is 0.333 e. The van der Waals surface area contributed by atoms with E-state index in [1.807, 2.05) is 13.8 Å². The molecule has 0 aromatic rings. The molecule has 0 heterocycles. The van der Waals surface area contributed by atoms with Gasteiger partial charge in [0.1, 0.15) is 0 Å². The fraction of sp³-hybridized carbons (Fsp3) is 1.00. The summed E-state index contributed by atoms with van der Waals surface area (Å²) >= 11 is 0. The fourth-order valence-electron chi connectivity index (χ4n) is 2.18. The molecule has 1 aliphatic rings. The summed E-state index contributed by atoms with van der Waals surface area (Å²) < 4.78 is 23.1. The Hall–Kier alpha value is 0.150. The van der Waals surface area contributed by atoms with E-state index in [0.717, 1.165) is 19.3 Å². The zero-order valence-electron chi connectivity index (χ0n) is 9.36. The first-order valence-corrected chi connectivity index (χ1v) is 7.14. The third-order valence-corrected chi connectivity index (χ3v) is 5.66. The molecule has 0 spiro atoms. The predicted molar refractivity (Wildman–Crippen MR) is 57.7 cm³/mol. The van der Waals surface area contributed by atoms with Crippen LogP contribution < -0.4 is 0 Å². The quantitative estimate of drug-likeness (QED) is 0.666. The lowest BCUT2D eigenvalue weighted by atomic mass is 10.1. The van der Waals surface area contributed by atoms with E-state index in [1.165, 1.54) is 0 Å². The van der Waals surface area contributed by atoms with Gasteiger partial charge in [-0.3, -0.25) is 4.57 Å². The molecule has 0 aliphatic heterocycles. The summed E-state index contributed by atoms with van der Waals surface area (Å²) in [6, 6.07) is 0. The van der Waals surface area contributed by atoms with Gasteiger partial charge in [0.25, 0.3) is 0 Å². The highest BCUT2D eigenvalue weighted by molar-refractivity contribution is 7.54. The Bertz CT molecular complexity index is 207. The van der Waals surface area contributed by atoms with Crippen molar-refractivity contribution in [3.63, 3.8) is 0 Å². The maximum atomic E-state index is 12.4. The molecule has 0 radical (unpaired) electrons. The lowest BCUT2D eigenvalue weighted by Gasteiger charge is -2.25. The minimum Gasteiger partial charge on any atom is -0.309 e. The number of rotatable bonds is 5. The Kier molecular flexibility index (Phi) is 4.62. The van der Waals surface area contributed by atoms with Crippen molar-refractivity contribution >= 4 is 7.60 Å². The minimum absolute atomic E-state index is 0.127. The van der Waals surface area contributed by atoms with Gasteiger partial charge in [0, 0.05) is 0 Å². The average molecular weight is 220 g/mol. The van der Waals surface area contributed by atoms with Crippen LogP contribution in [0.2, 0.25) is 0 Å². The normalized spacial score (nSPS) is 28.2. The van der Waals surface area contributed by atoms with Gasteiger partial charge in [-0.05, 0) is 32.6 Å². The molecule has 0 amide bonds. The summed E-state index contributed by atoms with van der Waals surface area (Å²) in [7, 11) is -2.82. The third kappa shape index (κ3) is 2.59. The van der Waals surface area contributed by atoms with E-state index in [1.54, 1.807) is 0 Å². The van der Waals surface area contributed by atoms with Crippen LogP contribution in [0.25, 0.3) is 0 Å². The molecule has 0 aromatic heterocycles. The van der Waals surface area contributed by atoms with Crippen molar-refractivity contribution in [2.75, 3.05) is 13.2 Å². The molecule has 3 nitrogen and oxygen atoms in total. The highest BCUT2D eigenvalue weighted by Crippen LogP contribution is 2.59. The molecule has 0 bridgehead atoms. The second-order valence-corrected chi connectivity index (χ2v) is 6.11. The molecule has 1 rings (SSSR count). The summed E-state index contributed by atoms with van der Waals surface area (Å²) in [6.45, 7) is 6.82. The van der Waals surface area contributed by atoms with Gasteiger partial charge >= 0.3 is 7.60 Å². The lowest BCUT2D eigenvalue weighted by Crippen LogP contribution is -2.15. The maximum absolute atomic E-state index is 12.4. The highest BCUT2D eigenvalue weighted by Gasteiger charge is 2.41. The molecule has 1 fully saturated rings. The van der Waals surface area contributed by atoms with Crippen LogP contribution in [0.3, 0.4) is 0 Å². The minimum atomic E-state index is -2.82. The summed E-state index contributed by atoms with van der Waals surface area (Å²) in [5, 5.41) is 0. The molecule has 14 heavy (non-hydrogen) atoms. The lowest BCUT2D eigenvalue weighted by molar-refractivity contribution is 0.207. The first kappa shape index (κ1) is 12.2. The van der Waals surface area contributed by atoms with E-state index in [4.69, 9.17) is 9.05 Å². The Labute approximate surface area is 86.7 Å². The Morgan fingerprint density at radius 2 is 1.79 bits per heavy atom. The van der Waals surface area contributed by atoms with Crippen LogP contribution >= 0.6 is 7.60 Å². The zero-order valence-corrected chi connectivity index (χ0v) is 10.3. The zero-order chi connectivity index (χ0) is 10.6. The first-order chi connectivity index (χ1) is 6.64. The third-order valence-electron chi connectivity index (χ3n) is 2.84. The van der Waals surface area contributed by atoms with Gasteiger partial charge in [-0.15, -0.1) is 0 Å². The fourth-order valence-corrected chi connectivity index (χ4v) is 4.63. The van der Waals surface area contributed by atoms with Gasteiger partial charge in [0.2, 0.25) is 0 Å². The number of hydrogen-bond donors (Lipinski definition) is 0. The second kappa shape index (κ2) is 5.29. The van der Waals surface area contributed by atoms with E-state index in [2.05, 4.69) is 6.92 Å². The molecule has 0 aromatic carbocycles. The molecule has 1 saturated carbocycles. The molecule has 4 heteroatoms. The van der Waals surface area contributed by atoms with Gasteiger partial charge in [0.15, 0.2) is 0 Å². The SMILES string of the molecule is CCOP(=O)(OCC)[C@H]1CCC[C@@H]1C. The van der Waals surface area contributed by atoms with Crippen LogP contribution in [-0.4, -0.2) is 18.9 Å². The van der Waals surface area contributed by atoms with E-state index >= 15 is 0 Å². The molecule has 84 valence electrons. The van der Waals surface area contributed by atoms with Crippen LogP contribution in [0.5, 0.6) is 0 Å². The van der Waals surface area contributed by atoms with E-state index < -0.39 is 7.60 Å². The Balaban J connectivity index is 2.70. The molecule has 1 aliphatic carbocycles. The Morgan fingerprint density at radius 3 is 2.14 bits per heavy atom. The summed E-state index contributed by atoms with van der Waals surface area (Å²) in [5.74, 6) is 0.471. The van der Waals surface area contributed by atoms with Gasteiger partial charge in [-0.1, -0.05) is 13.3 Å². The first-order valence-electron chi connectivity index (χ1n) is 5.52. The molecule has 0 N–H and O–H groups in total. The van der Waals surface area contributed by atoms with E-state index in [-0.39, 0.29) is 5.66 Å². The van der Waals surface area contributed by atoms with Gasteiger partial charge in [-0.2, -0.15) is 0 Å². The Morgan fingerprint density at radius 1 is 1.21 bits per heavy atom. The molecular weight excluding hydrogens is 199 g/mol. The van der Waals surface area contributed by atoms with Crippen molar-refractivity contribution in [2.24, 2.45) is 5.92 Å². The van der Waals surface area contributed by atoms with Gasteiger partial charge < -0.3 is 9.05 Å². The van der Waals surface area contributed by atoms with Crippen LogP contribution in [-0.2, 0) is 13.6 Å². The predicted octanol–water partition coefficient (Wildman–Crippen LogP) is 3.44. The highest BCUT2D eigenvalue weighted by atomic mass is 31.2. The van der Waals surface area contributed by atoms with Crippen molar-refractivity contribution in [3.05, 3.63) is 0 Å². The van der Waals surface area contributed by atoms with E-state index in [0.29, 0.717) is 19.1 Å². The molecule has 0 unspecified atom stereocenters. The van der Waals surface area contributed by atoms with Crippen molar-refractivity contribution in [1.82, 2.24) is 0 Å². The van der Waals surface area contributed by atoms with Crippen LogP contribution in [0.15, 0.2) is 0 Å². The van der Waals surface area contributed by atoms with Gasteiger partial charge in [0.05, 0.1) is 18.9 Å². The van der Waals surface area contributed by atoms with Crippen LogP contribution in [0.4, 0.5) is 0 Å². The average Bonchev–Trinajstić information content (AvgIpc) is 2.52. The second-order valence-electron chi connectivity index (χ2n) is 3.85. The summed E-state index contributed by atoms with van der Waals surface area (Å²) in [5.41, 5.74) is 0.127. The maximum Gasteiger partial charge on any atom is 0.333 e. The molecular formula is C10H21O3P. The van der Waals surface area contributed by atoms with Crippen molar-refractivity contribution in [3.8, 4) is 0 Å². The van der Waals surface area contributed by atoms with Crippen molar-refractivity contribution in [1.29, 1.82) is 0 Å². The number of hydrogen-bond acceptors (Lipinski definition) is 3. The summed E-state index contributed by atoms with van der Waals surface area (Å²) in [6.07, 6.45) is 3.28. The van der Waals surface area contributed by atoms with Crippen molar-refractivity contribution in [2.45, 2.75) is 45.7 Å². The standard InChI is InChI=1S/C10H21O3P/c1-4-12-14(11,13-5-2)10-8-6-7-9(10)3/h9-10H,4-8H2,1-3H3/t9-,10-/m0/s1. The molecule has 0 saturated heterocycles. The topological polar surface area (TPSA) is 35.5 Å². The van der Waals surface area contributed by atoms with Crippen LogP contribution in [0, 0.1) is 5.92 Å². The smallest absolute Gasteiger partial charge is 0.309 e. The van der Waals surface area contributed by atoms with Crippen LogP contribution in [0.1, 0.15) is 40.0 Å². The van der Waals surface area contributed by atoms with Gasteiger partial charge in [-0.25, -0.2) is 0 Å². The monoisotopic (exact) mass is 220 g/mol.